The van der Waals surface area contributed by atoms with E-state index in [0.29, 0.717) is 17.7 Å². The third-order valence-corrected chi connectivity index (χ3v) is 5.56. The van der Waals surface area contributed by atoms with Gasteiger partial charge in [-0.3, -0.25) is 4.79 Å². The molecule has 0 unspecified atom stereocenters. The molecule has 0 saturated carbocycles. The highest BCUT2D eigenvalue weighted by Gasteiger charge is 2.20. The number of carbonyl (C=O) groups is 1. The van der Waals surface area contributed by atoms with E-state index in [1.54, 1.807) is 18.2 Å². The van der Waals surface area contributed by atoms with Crippen LogP contribution < -0.4 is 19.8 Å². The summed E-state index contributed by atoms with van der Waals surface area (Å²) < 4.78 is 22.5. The number of ether oxygens (including phenoxy) is 3. The SMILES string of the molecule is CC(=O)Oc1c(OC/C=C(\C)CCC=C(C)C)c(=O)oc2cc(OC/C=C(\C)CCC=C(C)C)ccc12. The number of rotatable bonds is 13. The molecule has 6 heteroatoms. The Kier molecular flexibility index (Phi) is 11.9. The topological polar surface area (TPSA) is 75.0 Å². The number of allylic oxidation sites excluding steroid dienone is 6. The van der Waals surface area contributed by atoms with Crippen LogP contribution in [0, 0.1) is 0 Å². The van der Waals surface area contributed by atoms with E-state index in [0.717, 1.165) is 31.3 Å². The van der Waals surface area contributed by atoms with E-state index in [1.807, 2.05) is 19.1 Å². The fraction of sp³-hybridized carbons (Fsp3) is 0.419. The standard InChI is InChI=1S/C31H40O6/c1-21(2)10-8-12-23(5)16-18-34-26-14-15-27-28(20-26)37-31(33)30(29(27)36-25(7)32)35-19-17-24(6)13-9-11-22(3)4/h10-11,14-17,20H,8-9,12-13,18-19H2,1-7H3/b23-16+,24-17+. The summed E-state index contributed by atoms with van der Waals surface area (Å²) in [6.45, 7) is 14.2. The molecule has 0 fully saturated rings. The van der Waals surface area contributed by atoms with Gasteiger partial charge in [-0.1, -0.05) is 34.4 Å². The molecular weight excluding hydrogens is 468 g/mol. The van der Waals surface area contributed by atoms with Crippen molar-refractivity contribution in [3.63, 3.8) is 0 Å². The van der Waals surface area contributed by atoms with Crippen molar-refractivity contribution in [3.8, 4) is 17.2 Å². The van der Waals surface area contributed by atoms with Gasteiger partial charge in [0.05, 0.1) is 5.39 Å². The molecular formula is C31H40O6. The van der Waals surface area contributed by atoms with Crippen molar-refractivity contribution < 1.29 is 23.4 Å². The van der Waals surface area contributed by atoms with Crippen LogP contribution in [-0.4, -0.2) is 19.2 Å². The fourth-order valence-electron chi connectivity index (χ4n) is 3.52. The first-order valence-electron chi connectivity index (χ1n) is 12.7. The smallest absolute Gasteiger partial charge is 0.383 e. The second-order valence-electron chi connectivity index (χ2n) is 9.66. The average Bonchev–Trinajstić information content (AvgIpc) is 2.80. The van der Waals surface area contributed by atoms with Gasteiger partial charge in [0.2, 0.25) is 5.75 Å². The summed E-state index contributed by atoms with van der Waals surface area (Å²) in [6.07, 6.45) is 12.1. The third-order valence-electron chi connectivity index (χ3n) is 5.56. The van der Waals surface area contributed by atoms with Crippen LogP contribution in [0.3, 0.4) is 0 Å². The molecule has 0 saturated heterocycles. The largest absolute Gasteiger partial charge is 0.489 e. The molecule has 6 nitrogen and oxygen atoms in total. The van der Waals surface area contributed by atoms with Crippen LogP contribution in [0.25, 0.3) is 11.0 Å². The van der Waals surface area contributed by atoms with Gasteiger partial charge in [0.25, 0.3) is 0 Å². The molecule has 0 N–H and O–H groups in total. The molecule has 2 aromatic rings. The van der Waals surface area contributed by atoms with Crippen LogP contribution in [0.2, 0.25) is 0 Å². The first kappa shape index (κ1) is 29.7. The number of benzene rings is 1. The normalized spacial score (nSPS) is 11.8. The predicted octanol–water partition coefficient (Wildman–Crippen LogP) is 7.86. The van der Waals surface area contributed by atoms with Crippen LogP contribution in [0.5, 0.6) is 17.2 Å². The van der Waals surface area contributed by atoms with Crippen molar-refractivity contribution in [2.75, 3.05) is 13.2 Å². The van der Waals surface area contributed by atoms with Gasteiger partial charge in [-0.2, -0.15) is 0 Å². The van der Waals surface area contributed by atoms with Gasteiger partial charge < -0.3 is 18.6 Å². The van der Waals surface area contributed by atoms with Gasteiger partial charge in [0.15, 0.2) is 5.75 Å². The summed E-state index contributed by atoms with van der Waals surface area (Å²) in [5.41, 5.74) is 4.50. The lowest BCUT2D eigenvalue weighted by Gasteiger charge is -2.12. The highest BCUT2D eigenvalue weighted by Crippen LogP contribution is 2.35. The fourth-order valence-corrected chi connectivity index (χ4v) is 3.52. The highest BCUT2D eigenvalue weighted by molar-refractivity contribution is 5.89. The quantitative estimate of drug-likeness (QED) is 0.156. The van der Waals surface area contributed by atoms with E-state index in [4.69, 9.17) is 18.6 Å². The maximum atomic E-state index is 12.8. The first-order valence-corrected chi connectivity index (χ1v) is 12.7. The summed E-state index contributed by atoms with van der Waals surface area (Å²) in [7, 11) is 0. The minimum atomic E-state index is -0.716. The zero-order valence-corrected chi connectivity index (χ0v) is 23.2. The lowest BCUT2D eigenvalue weighted by molar-refractivity contribution is -0.131. The molecule has 0 aliphatic rings. The summed E-state index contributed by atoms with van der Waals surface area (Å²) in [6, 6.07) is 5.07. The number of carbonyl (C=O) groups excluding carboxylic acids is 1. The second kappa shape index (κ2) is 14.9. The van der Waals surface area contributed by atoms with E-state index >= 15 is 0 Å². The lowest BCUT2D eigenvalue weighted by atomic mass is 10.1. The number of hydrogen-bond acceptors (Lipinski definition) is 6. The van der Waals surface area contributed by atoms with Gasteiger partial charge in [-0.05, 0) is 91.5 Å². The molecule has 0 aliphatic heterocycles. The van der Waals surface area contributed by atoms with Crippen molar-refractivity contribution in [1.29, 1.82) is 0 Å². The van der Waals surface area contributed by atoms with Crippen molar-refractivity contribution >= 4 is 16.9 Å². The van der Waals surface area contributed by atoms with E-state index < -0.39 is 11.6 Å². The molecule has 1 aromatic carbocycles. The summed E-state index contributed by atoms with van der Waals surface area (Å²) in [5.74, 6) is -0.0869. The van der Waals surface area contributed by atoms with Crippen LogP contribution in [0.1, 0.15) is 74.1 Å². The summed E-state index contributed by atoms with van der Waals surface area (Å²) in [4.78, 5) is 24.6. The zero-order valence-electron chi connectivity index (χ0n) is 23.2. The van der Waals surface area contributed by atoms with Crippen molar-refractivity contribution in [2.45, 2.75) is 74.1 Å². The predicted molar refractivity (Wildman–Crippen MR) is 150 cm³/mol. The Hall–Kier alpha value is -3.54. The lowest BCUT2D eigenvalue weighted by Crippen LogP contribution is -2.12. The van der Waals surface area contributed by atoms with E-state index in [9.17, 15) is 9.59 Å². The molecule has 0 spiro atoms. The molecule has 37 heavy (non-hydrogen) atoms. The zero-order chi connectivity index (χ0) is 27.4. The minimum Gasteiger partial charge on any atom is -0.489 e. The molecule has 0 aliphatic carbocycles. The van der Waals surface area contributed by atoms with E-state index in [-0.39, 0.29) is 23.7 Å². The van der Waals surface area contributed by atoms with Crippen molar-refractivity contribution in [2.24, 2.45) is 0 Å². The van der Waals surface area contributed by atoms with Crippen molar-refractivity contribution in [3.05, 3.63) is 75.2 Å². The molecule has 0 radical (unpaired) electrons. The summed E-state index contributed by atoms with van der Waals surface area (Å²) in [5, 5.41) is 0.454. The Morgan fingerprint density at radius 2 is 1.35 bits per heavy atom. The number of fused-ring (bicyclic) bond motifs is 1. The molecule has 1 heterocycles. The number of hydrogen-bond donors (Lipinski definition) is 0. The van der Waals surface area contributed by atoms with Gasteiger partial charge in [0, 0.05) is 13.0 Å². The Balaban J connectivity index is 2.19. The Bertz CT molecular complexity index is 1250. The molecule has 1 aromatic heterocycles. The minimum absolute atomic E-state index is 0.0518. The van der Waals surface area contributed by atoms with Gasteiger partial charge in [0.1, 0.15) is 24.5 Å². The van der Waals surface area contributed by atoms with Crippen LogP contribution in [0.15, 0.2) is 74.0 Å². The first-order chi connectivity index (χ1) is 17.6. The number of esters is 1. The van der Waals surface area contributed by atoms with Gasteiger partial charge in [-0.25, -0.2) is 4.79 Å². The van der Waals surface area contributed by atoms with Gasteiger partial charge >= 0.3 is 11.6 Å². The average molecular weight is 509 g/mol. The Morgan fingerprint density at radius 1 is 0.784 bits per heavy atom. The molecule has 0 bridgehead atoms. The van der Waals surface area contributed by atoms with E-state index in [2.05, 4.69) is 46.8 Å². The molecule has 2 rings (SSSR count). The maximum absolute atomic E-state index is 12.8. The molecule has 0 atom stereocenters. The second-order valence-corrected chi connectivity index (χ2v) is 9.66. The molecule has 200 valence electrons. The van der Waals surface area contributed by atoms with Crippen LogP contribution in [0.4, 0.5) is 0 Å². The Morgan fingerprint density at radius 3 is 1.89 bits per heavy atom. The molecule has 0 amide bonds. The van der Waals surface area contributed by atoms with Crippen molar-refractivity contribution in [1.82, 2.24) is 0 Å². The van der Waals surface area contributed by atoms with Crippen LogP contribution >= 0.6 is 0 Å². The van der Waals surface area contributed by atoms with Crippen LogP contribution in [-0.2, 0) is 4.79 Å². The maximum Gasteiger partial charge on any atom is 0.383 e. The monoisotopic (exact) mass is 508 g/mol. The highest BCUT2D eigenvalue weighted by atomic mass is 16.6. The summed E-state index contributed by atoms with van der Waals surface area (Å²) >= 11 is 0. The Labute approximate surface area is 220 Å². The third kappa shape index (κ3) is 10.5. The van der Waals surface area contributed by atoms with E-state index in [1.165, 1.54) is 23.6 Å². The van der Waals surface area contributed by atoms with Gasteiger partial charge in [-0.15, -0.1) is 0 Å².